The Morgan fingerprint density at radius 1 is 1.53 bits per heavy atom. The zero-order valence-corrected chi connectivity index (χ0v) is 12.4. The van der Waals surface area contributed by atoms with Crippen LogP contribution in [-0.4, -0.2) is 42.1 Å². The summed E-state index contributed by atoms with van der Waals surface area (Å²) in [7, 11) is 2.97. The normalized spacial score (nSPS) is 12.1. The first-order chi connectivity index (χ1) is 8.95. The lowest BCUT2D eigenvalue weighted by Gasteiger charge is -2.23. The zero-order valence-electron chi connectivity index (χ0n) is 11.5. The van der Waals surface area contributed by atoms with Gasteiger partial charge in [0.1, 0.15) is 11.0 Å². The molecule has 0 spiro atoms. The maximum absolute atomic E-state index is 12.0. The highest BCUT2D eigenvalue weighted by atomic mass is 32.1. The number of aromatic nitrogens is 1. The van der Waals surface area contributed by atoms with Gasteiger partial charge < -0.3 is 15.0 Å². The van der Waals surface area contributed by atoms with E-state index in [1.807, 2.05) is 19.2 Å². The average Bonchev–Trinajstić information content (AvgIpc) is 2.86. The van der Waals surface area contributed by atoms with Gasteiger partial charge in [0.25, 0.3) is 0 Å². The molecule has 1 rings (SSSR count). The van der Waals surface area contributed by atoms with E-state index in [1.165, 1.54) is 23.3 Å². The summed E-state index contributed by atoms with van der Waals surface area (Å²) in [6.45, 7) is 4.11. The Hall–Kier alpha value is -1.63. The number of hydrogen-bond donors (Lipinski definition) is 1. The minimum atomic E-state index is -0.642. The summed E-state index contributed by atoms with van der Waals surface area (Å²) in [6, 6.07) is -0.962. The first-order valence-corrected chi connectivity index (χ1v) is 6.81. The van der Waals surface area contributed by atoms with Crippen molar-refractivity contribution in [1.29, 1.82) is 0 Å². The summed E-state index contributed by atoms with van der Waals surface area (Å²) in [6.07, 6.45) is 1.69. The number of esters is 1. The molecule has 2 amide bonds. The number of rotatable bonds is 5. The number of urea groups is 1. The lowest BCUT2D eigenvalue weighted by molar-refractivity contribution is -0.144. The van der Waals surface area contributed by atoms with E-state index in [0.717, 1.165) is 5.01 Å². The Kier molecular flexibility index (Phi) is 5.75. The molecule has 1 heterocycles. The molecular weight excluding hydrogens is 266 g/mol. The molecule has 0 aliphatic heterocycles. The quantitative estimate of drug-likeness (QED) is 0.832. The van der Waals surface area contributed by atoms with E-state index < -0.39 is 12.0 Å². The van der Waals surface area contributed by atoms with Crippen molar-refractivity contribution < 1.29 is 14.3 Å². The molecule has 0 saturated heterocycles. The van der Waals surface area contributed by atoms with Gasteiger partial charge in [-0.2, -0.15) is 0 Å². The molecule has 0 saturated carbocycles. The highest BCUT2D eigenvalue weighted by molar-refractivity contribution is 7.09. The number of hydrogen-bond acceptors (Lipinski definition) is 5. The maximum Gasteiger partial charge on any atom is 0.328 e. The van der Waals surface area contributed by atoms with Gasteiger partial charge in [-0.1, -0.05) is 13.8 Å². The highest BCUT2D eigenvalue weighted by Gasteiger charge is 2.26. The van der Waals surface area contributed by atoms with E-state index in [9.17, 15) is 9.59 Å². The summed E-state index contributed by atoms with van der Waals surface area (Å²) >= 11 is 1.48. The molecule has 1 atom stereocenters. The summed E-state index contributed by atoms with van der Waals surface area (Å²) in [5.74, 6) is -0.476. The van der Waals surface area contributed by atoms with Crippen molar-refractivity contribution in [3.8, 4) is 0 Å². The Labute approximate surface area is 116 Å². The van der Waals surface area contributed by atoms with Crippen molar-refractivity contribution >= 4 is 23.3 Å². The van der Waals surface area contributed by atoms with Crippen LogP contribution in [0.2, 0.25) is 0 Å². The van der Waals surface area contributed by atoms with Crippen molar-refractivity contribution in [2.24, 2.45) is 5.92 Å². The molecule has 0 aromatic carbocycles. The SMILES string of the molecule is COC(=O)C(NC(=O)N(C)Cc1nccs1)C(C)C. The van der Waals surface area contributed by atoms with E-state index in [-0.39, 0.29) is 11.9 Å². The topological polar surface area (TPSA) is 71.5 Å². The largest absolute Gasteiger partial charge is 0.467 e. The lowest BCUT2D eigenvalue weighted by atomic mass is 10.1. The van der Waals surface area contributed by atoms with Gasteiger partial charge in [-0.25, -0.2) is 14.6 Å². The molecule has 19 heavy (non-hydrogen) atoms. The molecule has 1 N–H and O–H groups in total. The second kappa shape index (κ2) is 7.08. The maximum atomic E-state index is 12.0. The summed E-state index contributed by atoms with van der Waals surface area (Å²) < 4.78 is 4.68. The molecule has 1 unspecified atom stereocenters. The third-order valence-corrected chi connectivity index (χ3v) is 3.37. The van der Waals surface area contributed by atoms with Crippen LogP contribution in [0, 0.1) is 5.92 Å². The van der Waals surface area contributed by atoms with E-state index in [0.29, 0.717) is 6.54 Å². The van der Waals surface area contributed by atoms with E-state index in [2.05, 4.69) is 15.0 Å². The van der Waals surface area contributed by atoms with Gasteiger partial charge in [0.15, 0.2) is 0 Å². The van der Waals surface area contributed by atoms with E-state index in [4.69, 9.17) is 0 Å². The average molecular weight is 285 g/mol. The fourth-order valence-electron chi connectivity index (χ4n) is 1.47. The van der Waals surface area contributed by atoms with Gasteiger partial charge in [0, 0.05) is 18.6 Å². The Morgan fingerprint density at radius 3 is 2.68 bits per heavy atom. The molecule has 0 aliphatic carbocycles. The van der Waals surface area contributed by atoms with Gasteiger partial charge >= 0.3 is 12.0 Å². The Balaban J connectivity index is 2.58. The number of methoxy groups -OCH3 is 1. The predicted octanol–water partition coefficient (Wildman–Crippen LogP) is 1.48. The van der Waals surface area contributed by atoms with Crippen molar-refractivity contribution in [2.75, 3.05) is 14.2 Å². The molecule has 0 aliphatic rings. The second-order valence-corrected chi connectivity index (χ2v) is 5.46. The van der Waals surface area contributed by atoms with Crippen LogP contribution in [0.25, 0.3) is 0 Å². The van der Waals surface area contributed by atoms with Gasteiger partial charge in [-0.05, 0) is 5.92 Å². The van der Waals surface area contributed by atoms with Crippen molar-refractivity contribution in [1.82, 2.24) is 15.2 Å². The molecule has 106 valence electrons. The molecule has 1 aromatic rings. The van der Waals surface area contributed by atoms with Crippen molar-refractivity contribution in [2.45, 2.75) is 26.4 Å². The first-order valence-electron chi connectivity index (χ1n) is 5.93. The van der Waals surface area contributed by atoms with Crippen molar-refractivity contribution in [3.05, 3.63) is 16.6 Å². The van der Waals surface area contributed by atoms with Crippen LogP contribution in [-0.2, 0) is 16.1 Å². The van der Waals surface area contributed by atoms with Crippen LogP contribution in [0.3, 0.4) is 0 Å². The third kappa shape index (κ3) is 4.51. The predicted molar refractivity (Wildman–Crippen MR) is 72.8 cm³/mol. The molecule has 0 bridgehead atoms. The number of carbonyl (C=O) groups excluding carboxylic acids is 2. The van der Waals surface area contributed by atoms with Crippen LogP contribution in [0.15, 0.2) is 11.6 Å². The van der Waals surface area contributed by atoms with Gasteiger partial charge in [-0.15, -0.1) is 11.3 Å². The highest BCUT2D eigenvalue weighted by Crippen LogP contribution is 2.08. The Morgan fingerprint density at radius 2 is 2.21 bits per heavy atom. The zero-order chi connectivity index (χ0) is 14.4. The van der Waals surface area contributed by atoms with E-state index >= 15 is 0 Å². The van der Waals surface area contributed by atoms with Crippen molar-refractivity contribution in [3.63, 3.8) is 0 Å². The third-order valence-electron chi connectivity index (χ3n) is 2.60. The fraction of sp³-hybridized carbons (Fsp3) is 0.583. The smallest absolute Gasteiger partial charge is 0.328 e. The van der Waals surface area contributed by atoms with Crippen LogP contribution in [0.5, 0.6) is 0 Å². The summed E-state index contributed by atoms with van der Waals surface area (Å²) in [5.41, 5.74) is 0. The number of amides is 2. The number of carbonyl (C=O) groups is 2. The standard InChI is InChI=1S/C12H19N3O3S/c1-8(2)10(11(16)18-4)14-12(17)15(3)7-9-13-5-6-19-9/h5-6,8,10H,7H2,1-4H3,(H,14,17). The molecular formula is C12H19N3O3S. The number of nitrogens with zero attached hydrogens (tertiary/aromatic N) is 2. The number of thiazole rings is 1. The van der Waals surface area contributed by atoms with Crippen LogP contribution >= 0.6 is 11.3 Å². The number of nitrogens with one attached hydrogen (secondary N) is 1. The van der Waals surface area contributed by atoms with E-state index in [1.54, 1.807) is 13.2 Å². The van der Waals surface area contributed by atoms with Gasteiger partial charge in [0.05, 0.1) is 13.7 Å². The Bertz CT molecular complexity index is 420. The first kappa shape index (κ1) is 15.4. The lowest BCUT2D eigenvalue weighted by Crippen LogP contribution is -2.49. The molecule has 0 fully saturated rings. The monoisotopic (exact) mass is 285 g/mol. The fourth-order valence-corrected chi connectivity index (χ4v) is 2.14. The number of ether oxygens (including phenoxy) is 1. The minimum absolute atomic E-state index is 0.0373. The van der Waals surface area contributed by atoms with Gasteiger partial charge in [-0.3, -0.25) is 0 Å². The minimum Gasteiger partial charge on any atom is -0.467 e. The molecule has 7 heteroatoms. The summed E-state index contributed by atoms with van der Waals surface area (Å²) in [5, 5.41) is 5.37. The molecule has 6 nitrogen and oxygen atoms in total. The van der Waals surface area contributed by atoms with Crippen LogP contribution in [0.4, 0.5) is 4.79 Å². The van der Waals surface area contributed by atoms with Gasteiger partial charge in [0.2, 0.25) is 0 Å². The molecule has 0 radical (unpaired) electrons. The second-order valence-electron chi connectivity index (χ2n) is 4.48. The van der Waals surface area contributed by atoms with Crippen LogP contribution in [0.1, 0.15) is 18.9 Å². The molecule has 1 aromatic heterocycles. The van der Waals surface area contributed by atoms with Crippen LogP contribution < -0.4 is 5.32 Å². The summed E-state index contributed by atoms with van der Waals surface area (Å²) in [4.78, 5) is 29.1.